The molecule has 2 N–H and O–H groups in total. The molecule has 1 aromatic heterocycles. The second-order valence-electron chi connectivity index (χ2n) is 2.93. The summed E-state index contributed by atoms with van der Waals surface area (Å²) < 4.78 is 0. The van der Waals surface area contributed by atoms with Crippen molar-refractivity contribution in [2.24, 2.45) is 11.7 Å². The van der Waals surface area contributed by atoms with Gasteiger partial charge in [0.05, 0.1) is 6.20 Å². The van der Waals surface area contributed by atoms with Gasteiger partial charge in [0, 0.05) is 18.3 Å². The highest BCUT2D eigenvalue weighted by Gasteiger charge is 2.15. The molecule has 1 rings (SSSR count). The normalized spacial score (nSPS) is 12.5. The number of hydrogen-bond donors (Lipinski definition) is 1. The molecule has 0 amide bonds. The van der Waals surface area contributed by atoms with Crippen molar-refractivity contribution in [1.29, 1.82) is 0 Å². The molecular weight excluding hydrogens is 166 g/mol. The van der Waals surface area contributed by atoms with Crippen LogP contribution in [0.15, 0.2) is 18.6 Å². The molecule has 0 fully saturated rings. The molecule has 70 valence electrons. The summed E-state index contributed by atoms with van der Waals surface area (Å²) in [4.78, 5) is 19.3. The van der Waals surface area contributed by atoms with Crippen LogP contribution in [0, 0.1) is 5.92 Å². The first-order valence-corrected chi connectivity index (χ1v) is 4.26. The van der Waals surface area contributed by atoms with E-state index in [2.05, 4.69) is 9.97 Å². The standard InChI is InChI=1S/C9H13N3O/c1-7(2-3-10)9(13)8-6-11-4-5-12-8/h4-7H,2-3,10H2,1H3. The molecule has 0 saturated carbocycles. The Hall–Kier alpha value is -1.29. The Bertz CT molecular complexity index is 273. The molecule has 4 nitrogen and oxygen atoms in total. The van der Waals surface area contributed by atoms with Crippen molar-refractivity contribution in [3.05, 3.63) is 24.3 Å². The van der Waals surface area contributed by atoms with Gasteiger partial charge in [0.25, 0.3) is 0 Å². The van der Waals surface area contributed by atoms with E-state index in [4.69, 9.17) is 5.73 Å². The average Bonchev–Trinajstić information content (AvgIpc) is 2.18. The Labute approximate surface area is 77.2 Å². The highest BCUT2D eigenvalue weighted by atomic mass is 16.1. The molecule has 1 aromatic rings. The molecule has 0 aliphatic rings. The van der Waals surface area contributed by atoms with Crippen molar-refractivity contribution in [1.82, 2.24) is 9.97 Å². The van der Waals surface area contributed by atoms with Gasteiger partial charge in [-0.2, -0.15) is 0 Å². The van der Waals surface area contributed by atoms with Gasteiger partial charge in [0.2, 0.25) is 0 Å². The summed E-state index contributed by atoms with van der Waals surface area (Å²) in [6, 6.07) is 0. The smallest absolute Gasteiger partial charge is 0.185 e. The molecule has 0 saturated heterocycles. The SMILES string of the molecule is CC(CCN)C(=O)c1cnccn1. The maximum Gasteiger partial charge on any atom is 0.185 e. The molecule has 0 bridgehead atoms. The maximum atomic E-state index is 11.6. The predicted molar refractivity (Wildman–Crippen MR) is 49.2 cm³/mol. The minimum absolute atomic E-state index is 0.0125. The van der Waals surface area contributed by atoms with Gasteiger partial charge in [0.1, 0.15) is 5.69 Å². The Kier molecular flexibility index (Phi) is 3.52. The van der Waals surface area contributed by atoms with Gasteiger partial charge in [-0.05, 0) is 13.0 Å². The summed E-state index contributed by atoms with van der Waals surface area (Å²) in [7, 11) is 0. The average molecular weight is 179 g/mol. The van der Waals surface area contributed by atoms with E-state index in [-0.39, 0.29) is 11.7 Å². The van der Waals surface area contributed by atoms with E-state index in [9.17, 15) is 4.79 Å². The number of aromatic nitrogens is 2. The number of nitrogens with zero attached hydrogens (tertiary/aromatic N) is 2. The van der Waals surface area contributed by atoms with Crippen LogP contribution in [0.25, 0.3) is 0 Å². The summed E-state index contributed by atoms with van der Waals surface area (Å²) in [6.07, 6.45) is 5.23. The van der Waals surface area contributed by atoms with Crippen LogP contribution in [-0.2, 0) is 0 Å². The summed E-state index contributed by atoms with van der Waals surface area (Å²) >= 11 is 0. The van der Waals surface area contributed by atoms with E-state index in [1.54, 1.807) is 6.20 Å². The van der Waals surface area contributed by atoms with E-state index in [1.165, 1.54) is 12.4 Å². The van der Waals surface area contributed by atoms with Crippen molar-refractivity contribution in [3.63, 3.8) is 0 Å². The lowest BCUT2D eigenvalue weighted by Crippen LogP contribution is -2.16. The Balaban J connectivity index is 2.68. The first-order valence-electron chi connectivity index (χ1n) is 4.26. The lowest BCUT2D eigenvalue weighted by atomic mass is 10.0. The van der Waals surface area contributed by atoms with Gasteiger partial charge < -0.3 is 5.73 Å². The van der Waals surface area contributed by atoms with E-state index < -0.39 is 0 Å². The van der Waals surface area contributed by atoms with Gasteiger partial charge in [-0.1, -0.05) is 6.92 Å². The fourth-order valence-corrected chi connectivity index (χ4v) is 1.06. The number of ketones is 1. The van der Waals surface area contributed by atoms with Gasteiger partial charge in [0.15, 0.2) is 5.78 Å². The number of Topliss-reactive ketones (excluding diaryl/α,β-unsaturated/α-hetero) is 1. The molecular formula is C9H13N3O. The van der Waals surface area contributed by atoms with Crippen molar-refractivity contribution in [2.45, 2.75) is 13.3 Å². The largest absolute Gasteiger partial charge is 0.330 e. The van der Waals surface area contributed by atoms with Crippen LogP contribution >= 0.6 is 0 Å². The van der Waals surface area contributed by atoms with E-state index in [0.717, 1.165) is 0 Å². The molecule has 0 spiro atoms. The van der Waals surface area contributed by atoms with Gasteiger partial charge >= 0.3 is 0 Å². The zero-order valence-corrected chi connectivity index (χ0v) is 7.60. The monoisotopic (exact) mass is 179 g/mol. The van der Waals surface area contributed by atoms with Crippen LogP contribution in [0.2, 0.25) is 0 Å². The third kappa shape index (κ3) is 2.59. The van der Waals surface area contributed by atoms with Crippen molar-refractivity contribution in [3.8, 4) is 0 Å². The lowest BCUT2D eigenvalue weighted by Gasteiger charge is -2.06. The number of hydrogen-bond acceptors (Lipinski definition) is 4. The quantitative estimate of drug-likeness (QED) is 0.689. The predicted octanol–water partition coefficient (Wildman–Crippen LogP) is 0.644. The first kappa shape index (κ1) is 9.80. The number of nitrogens with two attached hydrogens (primary N) is 1. The van der Waals surface area contributed by atoms with E-state index >= 15 is 0 Å². The highest BCUT2D eigenvalue weighted by Crippen LogP contribution is 2.07. The van der Waals surface area contributed by atoms with Gasteiger partial charge in [-0.15, -0.1) is 0 Å². The number of rotatable bonds is 4. The Morgan fingerprint density at radius 1 is 1.62 bits per heavy atom. The summed E-state index contributed by atoms with van der Waals surface area (Å²) in [5.41, 5.74) is 5.78. The van der Waals surface area contributed by atoms with Crippen molar-refractivity contribution in [2.75, 3.05) is 6.54 Å². The third-order valence-electron chi connectivity index (χ3n) is 1.86. The summed E-state index contributed by atoms with van der Waals surface area (Å²) in [5.74, 6) is -0.0553. The molecule has 0 radical (unpaired) electrons. The second-order valence-corrected chi connectivity index (χ2v) is 2.93. The molecule has 13 heavy (non-hydrogen) atoms. The highest BCUT2D eigenvalue weighted by molar-refractivity contribution is 5.95. The fraction of sp³-hybridized carbons (Fsp3) is 0.444. The van der Waals surface area contributed by atoms with E-state index in [0.29, 0.717) is 18.7 Å². The molecule has 0 aromatic carbocycles. The fourth-order valence-electron chi connectivity index (χ4n) is 1.06. The zero-order chi connectivity index (χ0) is 9.68. The zero-order valence-electron chi connectivity index (χ0n) is 7.60. The number of carbonyl (C=O) groups excluding carboxylic acids is 1. The van der Waals surface area contributed by atoms with Crippen molar-refractivity contribution >= 4 is 5.78 Å². The van der Waals surface area contributed by atoms with Crippen LogP contribution in [0.3, 0.4) is 0 Å². The molecule has 1 atom stereocenters. The van der Waals surface area contributed by atoms with Crippen molar-refractivity contribution < 1.29 is 4.79 Å². The third-order valence-corrected chi connectivity index (χ3v) is 1.86. The topological polar surface area (TPSA) is 68.9 Å². The van der Waals surface area contributed by atoms with E-state index in [1.807, 2.05) is 6.92 Å². The summed E-state index contributed by atoms with van der Waals surface area (Å²) in [6.45, 7) is 2.37. The summed E-state index contributed by atoms with van der Waals surface area (Å²) in [5, 5.41) is 0. The molecule has 1 unspecified atom stereocenters. The van der Waals surface area contributed by atoms with Crippen LogP contribution < -0.4 is 5.73 Å². The lowest BCUT2D eigenvalue weighted by molar-refractivity contribution is 0.0920. The minimum Gasteiger partial charge on any atom is -0.330 e. The number of carbonyl (C=O) groups is 1. The minimum atomic E-state index is -0.0679. The van der Waals surface area contributed by atoms with Crippen LogP contribution in [0.1, 0.15) is 23.8 Å². The molecule has 1 heterocycles. The Morgan fingerprint density at radius 3 is 2.92 bits per heavy atom. The second kappa shape index (κ2) is 4.67. The van der Waals surface area contributed by atoms with Crippen LogP contribution in [0.4, 0.5) is 0 Å². The molecule has 0 aliphatic carbocycles. The van der Waals surface area contributed by atoms with Gasteiger partial charge in [-0.3, -0.25) is 9.78 Å². The van der Waals surface area contributed by atoms with Crippen LogP contribution in [0.5, 0.6) is 0 Å². The Morgan fingerprint density at radius 2 is 2.38 bits per heavy atom. The maximum absolute atomic E-state index is 11.6. The molecule has 4 heteroatoms. The first-order chi connectivity index (χ1) is 6.25. The van der Waals surface area contributed by atoms with Crippen LogP contribution in [-0.4, -0.2) is 22.3 Å². The van der Waals surface area contributed by atoms with Gasteiger partial charge in [-0.25, -0.2) is 4.98 Å². The molecule has 0 aliphatic heterocycles.